The summed E-state index contributed by atoms with van der Waals surface area (Å²) in [5.74, 6) is 0.678. The number of alkyl halides is 1. The third-order valence-corrected chi connectivity index (χ3v) is 10.6. The molecule has 8 rings (SSSR count). The van der Waals surface area contributed by atoms with E-state index in [1.165, 1.54) is 0 Å². The van der Waals surface area contributed by atoms with E-state index in [9.17, 15) is 14.6 Å². The Labute approximate surface area is 254 Å². The molecule has 4 aromatic rings. The molecule has 3 aliphatic heterocycles. The molecule has 4 aliphatic rings. The summed E-state index contributed by atoms with van der Waals surface area (Å²) in [5, 5.41) is 22.9. The van der Waals surface area contributed by atoms with E-state index in [0.717, 1.165) is 55.0 Å². The van der Waals surface area contributed by atoms with E-state index in [2.05, 4.69) is 19.8 Å². The lowest BCUT2D eigenvalue weighted by atomic mass is 9.95. The predicted octanol–water partition coefficient (Wildman–Crippen LogP) is 5.41. The number of aromatic nitrogens is 3. The van der Waals surface area contributed by atoms with E-state index in [0.29, 0.717) is 54.7 Å². The van der Waals surface area contributed by atoms with Gasteiger partial charge in [-0.15, -0.1) is 0 Å². The summed E-state index contributed by atoms with van der Waals surface area (Å²) in [6, 6.07) is 9.15. The number of ether oxygens (including phenoxy) is 1. The van der Waals surface area contributed by atoms with E-state index < -0.39 is 17.5 Å². The molecule has 5 heterocycles. The monoisotopic (exact) mass is 601 g/mol. The quantitative estimate of drug-likeness (QED) is 0.303. The molecule has 1 saturated carbocycles. The fourth-order valence-electron chi connectivity index (χ4n) is 8.57. The third-order valence-electron chi connectivity index (χ3n) is 10.6. The van der Waals surface area contributed by atoms with Gasteiger partial charge in [0.2, 0.25) is 0 Å². The number of rotatable bonds is 6. The van der Waals surface area contributed by atoms with Crippen molar-refractivity contribution < 1.29 is 23.7 Å². The number of aliphatic hydroxyl groups is 1. The van der Waals surface area contributed by atoms with Crippen LogP contribution in [0.1, 0.15) is 44.6 Å². The van der Waals surface area contributed by atoms with Gasteiger partial charge in [0.15, 0.2) is 5.82 Å². The molecule has 2 N–H and O–H groups in total. The summed E-state index contributed by atoms with van der Waals surface area (Å²) in [6.45, 7) is 4.95. The number of anilines is 1. The van der Waals surface area contributed by atoms with Crippen molar-refractivity contribution in [3.8, 4) is 23.0 Å². The maximum absolute atomic E-state index is 16.8. The summed E-state index contributed by atoms with van der Waals surface area (Å²) in [5.41, 5.74) is 1.35. The van der Waals surface area contributed by atoms with Crippen LogP contribution in [-0.2, 0) is 6.42 Å². The number of aliphatic hydroxyl groups excluding tert-OH is 1. The highest BCUT2D eigenvalue weighted by Crippen LogP contribution is 2.44. The largest absolute Gasteiger partial charge is 0.508 e. The number of nitrogens with zero attached hydrogens (tertiary/aromatic N) is 5. The second-order valence-electron chi connectivity index (χ2n) is 13.3. The van der Waals surface area contributed by atoms with Crippen LogP contribution < -0.4 is 9.64 Å². The van der Waals surface area contributed by atoms with Gasteiger partial charge in [-0.1, -0.05) is 25.1 Å². The van der Waals surface area contributed by atoms with Gasteiger partial charge in [-0.25, -0.2) is 8.78 Å². The van der Waals surface area contributed by atoms with Gasteiger partial charge in [0.25, 0.3) is 0 Å². The van der Waals surface area contributed by atoms with Crippen molar-refractivity contribution >= 4 is 27.5 Å². The molecule has 8 nitrogen and oxygen atoms in total. The molecule has 0 radical (unpaired) electrons. The molecule has 5 atom stereocenters. The van der Waals surface area contributed by atoms with E-state index >= 15 is 4.39 Å². The average molecular weight is 602 g/mol. The zero-order chi connectivity index (χ0) is 30.2. The van der Waals surface area contributed by atoms with Gasteiger partial charge < -0.3 is 19.8 Å². The van der Waals surface area contributed by atoms with Crippen LogP contribution >= 0.6 is 0 Å². The summed E-state index contributed by atoms with van der Waals surface area (Å²) in [4.78, 5) is 18.4. The molecule has 0 unspecified atom stereocenters. The van der Waals surface area contributed by atoms with Gasteiger partial charge in [-0.3, -0.25) is 9.88 Å². The third kappa shape index (κ3) is 4.48. The predicted molar refractivity (Wildman–Crippen MR) is 164 cm³/mol. The van der Waals surface area contributed by atoms with E-state index in [1.807, 2.05) is 25.1 Å². The average Bonchev–Trinajstić information content (AvgIpc) is 3.74. The number of halogens is 2. The Bertz CT molecular complexity index is 1760. The maximum atomic E-state index is 16.8. The number of phenolic OH excluding ortho intramolecular Hbond substituents is 1. The first-order valence-corrected chi connectivity index (χ1v) is 15.9. The molecule has 4 fully saturated rings. The Kier molecular flexibility index (Phi) is 6.64. The number of aromatic hydroxyl groups is 1. The van der Waals surface area contributed by atoms with Crippen LogP contribution in [0.5, 0.6) is 11.8 Å². The number of phenols is 1. The first-order valence-electron chi connectivity index (χ1n) is 15.9. The number of benzene rings is 2. The van der Waals surface area contributed by atoms with Crippen LogP contribution in [0.15, 0.2) is 36.5 Å². The zero-order valence-corrected chi connectivity index (χ0v) is 24.8. The Hall–Kier alpha value is -3.63. The van der Waals surface area contributed by atoms with Gasteiger partial charge in [-0.2, -0.15) is 9.97 Å². The highest BCUT2D eigenvalue weighted by atomic mass is 19.1. The molecule has 3 saturated heterocycles. The lowest BCUT2D eigenvalue weighted by Gasteiger charge is -2.31. The van der Waals surface area contributed by atoms with E-state index in [4.69, 9.17) is 9.72 Å². The standard InChI is InChI=1S/C34H37F2N5O3/c1-2-19-5-3-6-20-9-25(43)12-26(28(19)20)30-29(36)31-27(14-37-30)32(40-15-21-10-24(42)11-22(21)16-40)39-33(38-31)44-18-34-7-4-8-41(34)17-23(35)13-34/h3,5-6,9,12,14,21-24,42-43H,2,4,7-8,10-11,13,15-18H2,1H3/t21-,22+,23-,24-,34+/m1/s1. The zero-order valence-electron chi connectivity index (χ0n) is 24.8. The molecule has 2 aromatic carbocycles. The molecule has 0 bridgehead atoms. The van der Waals surface area contributed by atoms with Crippen molar-refractivity contribution in [1.82, 2.24) is 19.9 Å². The van der Waals surface area contributed by atoms with Gasteiger partial charge >= 0.3 is 6.01 Å². The maximum Gasteiger partial charge on any atom is 0.319 e. The highest BCUT2D eigenvalue weighted by molar-refractivity contribution is 6.01. The van der Waals surface area contributed by atoms with Gasteiger partial charge in [0.05, 0.1) is 17.0 Å². The lowest BCUT2D eigenvalue weighted by Crippen LogP contribution is -2.43. The normalized spacial score (nSPS) is 28.3. The van der Waals surface area contributed by atoms with Gasteiger partial charge in [0.1, 0.15) is 35.6 Å². The molecule has 44 heavy (non-hydrogen) atoms. The molecular formula is C34H37F2N5O3. The number of hydrogen-bond acceptors (Lipinski definition) is 8. The van der Waals surface area contributed by atoms with Crippen molar-refractivity contribution in [1.29, 1.82) is 0 Å². The highest BCUT2D eigenvalue weighted by Gasteiger charge is 2.49. The van der Waals surface area contributed by atoms with Gasteiger partial charge in [0, 0.05) is 37.8 Å². The molecule has 10 heteroatoms. The number of hydrogen-bond donors (Lipinski definition) is 2. The molecule has 1 aliphatic carbocycles. The van der Waals surface area contributed by atoms with Crippen LogP contribution in [0.4, 0.5) is 14.6 Å². The SMILES string of the molecule is CCc1cccc2cc(O)cc(-c3ncc4c(N5C[C@H]6C[C@@H](O)C[C@H]6C5)nc(OC[C@@]56CCCN5C[C@H](F)C6)nc4c3F)c12. The van der Waals surface area contributed by atoms with Crippen LogP contribution in [0.3, 0.4) is 0 Å². The van der Waals surface area contributed by atoms with Crippen molar-refractivity contribution in [2.45, 2.75) is 63.3 Å². The summed E-state index contributed by atoms with van der Waals surface area (Å²) >= 11 is 0. The summed E-state index contributed by atoms with van der Waals surface area (Å²) in [6.07, 6.45) is 4.94. The Morgan fingerprint density at radius 3 is 2.73 bits per heavy atom. The minimum Gasteiger partial charge on any atom is -0.508 e. The number of pyridine rings is 1. The summed E-state index contributed by atoms with van der Waals surface area (Å²) < 4.78 is 37.5. The molecule has 0 amide bonds. The molecule has 0 spiro atoms. The van der Waals surface area contributed by atoms with Gasteiger partial charge in [-0.05, 0) is 79.0 Å². The van der Waals surface area contributed by atoms with Crippen molar-refractivity contribution in [3.63, 3.8) is 0 Å². The topological polar surface area (TPSA) is 94.8 Å². The van der Waals surface area contributed by atoms with Crippen LogP contribution in [0.2, 0.25) is 0 Å². The fourth-order valence-corrected chi connectivity index (χ4v) is 8.57. The second-order valence-corrected chi connectivity index (χ2v) is 13.3. The minimum absolute atomic E-state index is 0.0309. The van der Waals surface area contributed by atoms with Crippen molar-refractivity contribution in [2.24, 2.45) is 11.8 Å². The molecular weight excluding hydrogens is 564 g/mol. The van der Waals surface area contributed by atoms with Crippen molar-refractivity contribution in [3.05, 3.63) is 47.9 Å². The first-order chi connectivity index (χ1) is 21.3. The van der Waals surface area contributed by atoms with Crippen molar-refractivity contribution in [2.75, 3.05) is 37.7 Å². The smallest absolute Gasteiger partial charge is 0.319 e. The number of aryl methyl sites for hydroxylation is 1. The second kappa shape index (κ2) is 10.5. The van der Waals surface area contributed by atoms with Crippen LogP contribution in [-0.4, -0.2) is 80.7 Å². The Balaban J connectivity index is 1.25. The lowest BCUT2D eigenvalue weighted by molar-refractivity contribution is 0.107. The first kappa shape index (κ1) is 27.9. The van der Waals surface area contributed by atoms with E-state index in [1.54, 1.807) is 18.3 Å². The molecule has 2 aromatic heterocycles. The fraction of sp³-hybridized carbons (Fsp3) is 0.500. The molecule has 230 valence electrons. The summed E-state index contributed by atoms with van der Waals surface area (Å²) in [7, 11) is 0. The van der Waals surface area contributed by atoms with E-state index in [-0.39, 0.29) is 35.7 Å². The number of fused-ring (bicyclic) bond motifs is 4. The minimum atomic E-state index is -0.887. The van der Waals surface area contributed by atoms with Crippen LogP contribution in [0, 0.1) is 17.7 Å². The van der Waals surface area contributed by atoms with Crippen LogP contribution in [0.25, 0.3) is 32.9 Å². The Morgan fingerprint density at radius 1 is 1.11 bits per heavy atom. The Morgan fingerprint density at radius 2 is 1.93 bits per heavy atom.